The monoisotopic (exact) mass is 398 g/mol. The van der Waals surface area contributed by atoms with Crippen LogP contribution in [0, 0.1) is 0 Å². The van der Waals surface area contributed by atoms with Gasteiger partial charge in [-0.15, -0.1) is 0 Å². The van der Waals surface area contributed by atoms with E-state index >= 15 is 0 Å². The molecule has 2 rings (SSSR count). The second-order valence-corrected chi connectivity index (χ2v) is 5.43. The molecule has 1 N–H and O–H groups in total. The number of carbonyl (C=O) groups excluding carboxylic acids is 1. The zero-order chi connectivity index (χ0) is 17.4. The molecule has 1 amide bonds. The standard InChI is InChI=1S/C16H13BrF2N2O3/c17-12-3-5-13(6-4-12)21-15(22)10-23-20-9-11-1-7-14(8-2-11)24-16(18)19/h1-9,16H,10H2,(H,21,22)/b20-9-. The molecule has 8 heteroatoms. The van der Waals surface area contributed by atoms with Gasteiger partial charge < -0.3 is 14.9 Å². The number of ether oxygens (including phenoxy) is 1. The fourth-order valence-electron chi connectivity index (χ4n) is 1.66. The third-order valence-electron chi connectivity index (χ3n) is 2.71. The van der Waals surface area contributed by atoms with Gasteiger partial charge in [0.15, 0.2) is 6.61 Å². The molecular weight excluding hydrogens is 386 g/mol. The summed E-state index contributed by atoms with van der Waals surface area (Å²) in [7, 11) is 0. The predicted molar refractivity (Wildman–Crippen MR) is 89.4 cm³/mol. The Morgan fingerprint density at radius 1 is 1.17 bits per heavy atom. The minimum absolute atomic E-state index is 0.0527. The van der Waals surface area contributed by atoms with Gasteiger partial charge in [-0.05, 0) is 54.1 Å². The third-order valence-corrected chi connectivity index (χ3v) is 3.23. The van der Waals surface area contributed by atoms with Crippen molar-refractivity contribution in [2.24, 2.45) is 5.16 Å². The van der Waals surface area contributed by atoms with E-state index in [4.69, 9.17) is 4.84 Å². The summed E-state index contributed by atoms with van der Waals surface area (Å²) < 4.78 is 29.2. The van der Waals surface area contributed by atoms with E-state index in [1.807, 2.05) is 0 Å². The van der Waals surface area contributed by atoms with Crippen molar-refractivity contribution in [3.05, 3.63) is 58.6 Å². The molecule has 2 aromatic rings. The topological polar surface area (TPSA) is 59.9 Å². The molecule has 2 aromatic carbocycles. The molecule has 0 aliphatic carbocycles. The molecule has 0 saturated carbocycles. The van der Waals surface area contributed by atoms with Crippen molar-refractivity contribution < 1.29 is 23.1 Å². The molecule has 0 radical (unpaired) electrons. The van der Waals surface area contributed by atoms with E-state index in [1.165, 1.54) is 30.5 Å². The Bertz CT molecular complexity index is 691. The molecule has 0 heterocycles. The minimum atomic E-state index is -2.86. The summed E-state index contributed by atoms with van der Waals surface area (Å²) in [5.41, 5.74) is 1.26. The molecular formula is C16H13BrF2N2O3. The number of alkyl halides is 2. The molecule has 0 atom stereocenters. The average molecular weight is 399 g/mol. The van der Waals surface area contributed by atoms with Crippen molar-refractivity contribution in [1.29, 1.82) is 0 Å². The quantitative estimate of drug-likeness (QED) is 0.565. The van der Waals surface area contributed by atoms with Gasteiger partial charge in [-0.25, -0.2) is 0 Å². The molecule has 5 nitrogen and oxygen atoms in total. The molecule has 0 spiro atoms. The van der Waals surface area contributed by atoms with E-state index in [1.54, 1.807) is 24.3 Å². The van der Waals surface area contributed by atoms with Crippen LogP contribution in [0.4, 0.5) is 14.5 Å². The Hall–Kier alpha value is -2.48. The highest BCUT2D eigenvalue weighted by Crippen LogP contribution is 2.15. The maximum atomic E-state index is 12.0. The Morgan fingerprint density at radius 3 is 2.46 bits per heavy atom. The van der Waals surface area contributed by atoms with Gasteiger partial charge >= 0.3 is 6.61 Å². The van der Waals surface area contributed by atoms with Crippen molar-refractivity contribution in [2.75, 3.05) is 11.9 Å². The van der Waals surface area contributed by atoms with E-state index < -0.39 is 6.61 Å². The largest absolute Gasteiger partial charge is 0.435 e. The first kappa shape index (κ1) is 17.9. The van der Waals surface area contributed by atoms with Crippen LogP contribution < -0.4 is 10.1 Å². The fourth-order valence-corrected chi connectivity index (χ4v) is 1.92. The number of hydrogen-bond donors (Lipinski definition) is 1. The number of nitrogens with zero attached hydrogens (tertiary/aromatic N) is 1. The summed E-state index contributed by atoms with van der Waals surface area (Å²) in [5, 5.41) is 6.29. The lowest BCUT2D eigenvalue weighted by Gasteiger charge is -2.04. The smallest absolute Gasteiger partial charge is 0.387 e. The van der Waals surface area contributed by atoms with Crippen LogP contribution >= 0.6 is 15.9 Å². The summed E-state index contributed by atoms with van der Waals surface area (Å²) in [6.45, 7) is -3.11. The number of rotatable bonds is 7. The van der Waals surface area contributed by atoms with E-state index in [-0.39, 0.29) is 18.3 Å². The molecule has 0 unspecified atom stereocenters. The lowest BCUT2D eigenvalue weighted by atomic mass is 10.2. The van der Waals surface area contributed by atoms with Crippen LogP contribution in [0.5, 0.6) is 5.75 Å². The van der Waals surface area contributed by atoms with Crippen molar-refractivity contribution in [2.45, 2.75) is 6.61 Å². The Labute approximate surface area is 145 Å². The number of nitrogens with one attached hydrogen (secondary N) is 1. The zero-order valence-electron chi connectivity index (χ0n) is 12.3. The molecule has 0 bridgehead atoms. The van der Waals surface area contributed by atoms with E-state index in [9.17, 15) is 13.6 Å². The first-order valence-electron chi connectivity index (χ1n) is 6.78. The Balaban J connectivity index is 1.75. The molecule has 0 aliphatic rings. The Morgan fingerprint density at radius 2 is 1.83 bits per heavy atom. The summed E-state index contributed by atoms with van der Waals surface area (Å²) >= 11 is 3.30. The first-order chi connectivity index (χ1) is 11.5. The maximum absolute atomic E-state index is 12.0. The number of oxime groups is 1. The predicted octanol–water partition coefficient (Wildman–Crippen LogP) is 4.04. The van der Waals surface area contributed by atoms with Crippen molar-refractivity contribution >= 4 is 33.7 Å². The van der Waals surface area contributed by atoms with Gasteiger partial charge in [0.05, 0.1) is 6.21 Å². The van der Waals surface area contributed by atoms with Gasteiger partial charge in [0.2, 0.25) is 0 Å². The molecule has 0 aliphatic heterocycles. The highest BCUT2D eigenvalue weighted by atomic mass is 79.9. The fraction of sp³-hybridized carbons (Fsp3) is 0.125. The minimum Gasteiger partial charge on any atom is -0.435 e. The van der Waals surface area contributed by atoms with Gasteiger partial charge in [-0.1, -0.05) is 21.1 Å². The highest BCUT2D eigenvalue weighted by Gasteiger charge is 2.04. The summed E-state index contributed by atoms with van der Waals surface area (Å²) in [5.74, 6) is -0.299. The SMILES string of the molecule is O=C(CO/N=C\c1ccc(OC(F)F)cc1)Nc1ccc(Br)cc1. The zero-order valence-corrected chi connectivity index (χ0v) is 13.9. The molecule has 24 heavy (non-hydrogen) atoms. The normalized spacial score (nSPS) is 10.8. The van der Waals surface area contributed by atoms with Gasteiger partial charge in [0.1, 0.15) is 5.75 Å². The van der Waals surface area contributed by atoms with Crippen molar-refractivity contribution in [1.82, 2.24) is 0 Å². The van der Waals surface area contributed by atoms with Crippen LogP contribution in [0.25, 0.3) is 0 Å². The number of benzene rings is 2. The maximum Gasteiger partial charge on any atom is 0.387 e. The lowest BCUT2D eigenvalue weighted by molar-refractivity contribution is -0.120. The number of amides is 1. The summed E-state index contributed by atoms with van der Waals surface area (Å²) in [4.78, 5) is 16.5. The number of anilines is 1. The van der Waals surface area contributed by atoms with Gasteiger partial charge in [-0.3, -0.25) is 4.79 Å². The Kier molecular flexibility index (Phi) is 6.68. The number of hydrogen-bond acceptors (Lipinski definition) is 4. The van der Waals surface area contributed by atoms with E-state index in [0.29, 0.717) is 11.3 Å². The third kappa shape index (κ3) is 6.33. The first-order valence-corrected chi connectivity index (χ1v) is 7.58. The van der Waals surface area contributed by atoms with Gasteiger partial charge in [0, 0.05) is 10.2 Å². The second kappa shape index (κ2) is 8.97. The van der Waals surface area contributed by atoms with E-state index in [0.717, 1.165) is 4.47 Å². The second-order valence-electron chi connectivity index (χ2n) is 4.51. The molecule has 0 fully saturated rings. The van der Waals surface area contributed by atoms with Crippen LogP contribution in [0.3, 0.4) is 0 Å². The van der Waals surface area contributed by atoms with Crippen LogP contribution in [0.2, 0.25) is 0 Å². The summed E-state index contributed by atoms with van der Waals surface area (Å²) in [6, 6.07) is 12.9. The van der Waals surface area contributed by atoms with Crippen LogP contribution in [0.1, 0.15) is 5.56 Å². The van der Waals surface area contributed by atoms with Gasteiger partial charge in [0.25, 0.3) is 5.91 Å². The average Bonchev–Trinajstić information content (AvgIpc) is 2.55. The lowest BCUT2D eigenvalue weighted by Crippen LogP contribution is -2.16. The number of halogens is 3. The molecule has 0 saturated heterocycles. The van der Waals surface area contributed by atoms with Crippen LogP contribution in [-0.2, 0) is 9.63 Å². The van der Waals surface area contributed by atoms with E-state index in [2.05, 4.69) is 31.1 Å². The number of carbonyl (C=O) groups is 1. The highest BCUT2D eigenvalue weighted by molar-refractivity contribution is 9.10. The van der Waals surface area contributed by atoms with Crippen LogP contribution in [-0.4, -0.2) is 25.3 Å². The van der Waals surface area contributed by atoms with Crippen molar-refractivity contribution in [3.63, 3.8) is 0 Å². The summed E-state index contributed by atoms with van der Waals surface area (Å²) in [6.07, 6.45) is 1.36. The molecule has 126 valence electrons. The van der Waals surface area contributed by atoms with Gasteiger partial charge in [-0.2, -0.15) is 8.78 Å². The van der Waals surface area contributed by atoms with Crippen molar-refractivity contribution in [3.8, 4) is 5.75 Å². The molecule has 0 aromatic heterocycles. The van der Waals surface area contributed by atoms with Crippen LogP contribution in [0.15, 0.2) is 58.2 Å².